The molecule has 0 atom stereocenters. The Bertz CT molecular complexity index is 768. The monoisotopic (exact) mass is 343 g/mol. The highest BCUT2D eigenvalue weighted by Gasteiger charge is 2.15. The van der Waals surface area contributed by atoms with Gasteiger partial charge in [-0.05, 0) is 32.0 Å². The van der Waals surface area contributed by atoms with Crippen LogP contribution in [0.5, 0.6) is 0 Å². The fraction of sp³-hybridized carbons (Fsp3) is 0.333. The summed E-state index contributed by atoms with van der Waals surface area (Å²) in [5.74, 6) is 2.59. The largest absolute Gasteiger partial charge is 0.467 e. The molecule has 0 radical (unpaired) electrons. The Morgan fingerprint density at radius 1 is 1.21 bits per heavy atom. The SMILES string of the molecule is CCOCCSc1nnc(-c2cccc(C)c2)n1Cc1ccco1. The molecule has 6 heteroatoms. The Balaban J connectivity index is 1.88. The van der Waals surface area contributed by atoms with Crippen LogP contribution in [0.25, 0.3) is 11.4 Å². The van der Waals surface area contributed by atoms with Gasteiger partial charge in [0.25, 0.3) is 0 Å². The second-order valence-corrected chi connectivity index (χ2v) is 6.45. The highest BCUT2D eigenvalue weighted by atomic mass is 32.2. The van der Waals surface area contributed by atoms with Crippen LogP contribution < -0.4 is 0 Å². The van der Waals surface area contributed by atoms with Crippen molar-refractivity contribution in [1.29, 1.82) is 0 Å². The van der Waals surface area contributed by atoms with E-state index in [0.717, 1.165) is 34.7 Å². The van der Waals surface area contributed by atoms with Gasteiger partial charge in [0.2, 0.25) is 0 Å². The molecule has 0 N–H and O–H groups in total. The molecule has 5 nitrogen and oxygen atoms in total. The molecule has 0 saturated carbocycles. The van der Waals surface area contributed by atoms with Gasteiger partial charge < -0.3 is 9.15 Å². The predicted molar refractivity (Wildman–Crippen MR) is 95.2 cm³/mol. The van der Waals surface area contributed by atoms with E-state index in [0.29, 0.717) is 13.2 Å². The first kappa shape index (κ1) is 16.8. The minimum atomic E-state index is 0.611. The van der Waals surface area contributed by atoms with E-state index in [9.17, 15) is 0 Å². The van der Waals surface area contributed by atoms with Crippen molar-refractivity contribution in [2.24, 2.45) is 0 Å². The van der Waals surface area contributed by atoms with E-state index in [-0.39, 0.29) is 0 Å². The smallest absolute Gasteiger partial charge is 0.192 e. The maximum Gasteiger partial charge on any atom is 0.192 e. The summed E-state index contributed by atoms with van der Waals surface area (Å²) in [6.45, 7) is 6.12. The van der Waals surface area contributed by atoms with Crippen molar-refractivity contribution in [3.05, 3.63) is 54.0 Å². The summed E-state index contributed by atoms with van der Waals surface area (Å²) in [5, 5.41) is 9.67. The molecule has 0 bridgehead atoms. The van der Waals surface area contributed by atoms with Gasteiger partial charge in [-0.2, -0.15) is 0 Å². The molecule has 0 fully saturated rings. The van der Waals surface area contributed by atoms with Crippen molar-refractivity contribution in [2.45, 2.75) is 25.5 Å². The summed E-state index contributed by atoms with van der Waals surface area (Å²) in [7, 11) is 0. The third-order valence-corrected chi connectivity index (χ3v) is 4.48. The van der Waals surface area contributed by atoms with Gasteiger partial charge in [0.15, 0.2) is 11.0 Å². The van der Waals surface area contributed by atoms with Gasteiger partial charge in [-0.3, -0.25) is 4.57 Å². The number of nitrogens with zero attached hydrogens (tertiary/aromatic N) is 3. The first-order valence-electron chi connectivity index (χ1n) is 8.01. The summed E-state index contributed by atoms with van der Waals surface area (Å²) < 4.78 is 13.0. The molecule has 0 aliphatic heterocycles. The predicted octanol–water partition coefficient (Wildman–Crippen LogP) is 4.02. The van der Waals surface area contributed by atoms with E-state index in [2.05, 4.69) is 39.9 Å². The number of furan rings is 1. The third-order valence-electron chi connectivity index (χ3n) is 3.55. The Kier molecular flexibility index (Phi) is 5.72. The lowest BCUT2D eigenvalue weighted by Crippen LogP contribution is -2.05. The van der Waals surface area contributed by atoms with Crippen LogP contribution in [0.2, 0.25) is 0 Å². The molecule has 2 aromatic heterocycles. The quantitative estimate of drug-likeness (QED) is 0.457. The van der Waals surface area contributed by atoms with Crippen molar-refractivity contribution < 1.29 is 9.15 Å². The van der Waals surface area contributed by atoms with E-state index in [1.165, 1.54) is 5.56 Å². The van der Waals surface area contributed by atoms with Gasteiger partial charge in [-0.15, -0.1) is 10.2 Å². The van der Waals surface area contributed by atoms with Crippen molar-refractivity contribution in [1.82, 2.24) is 14.8 Å². The van der Waals surface area contributed by atoms with Crippen LogP contribution in [0, 0.1) is 6.92 Å². The maximum atomic E-state index is 5.51. The van der Waals surface area contributed by atoms with Crippen molar-refractivity contribution >= 4 is 11.8 Å². The van der Waals surface area contributed by atoms with Crippen LogP contribution in [-0.4, -0.2) is 33.7 Å². The second kappa shape index (κ2) is 8.17. The Labute approximate surface area is 146 Å². The number of ether oxygens (including phenoxy) is 1. The molecule has 0 unspecified atom stereocenters. The number of rotatable bonds is 8. The molecular formula is C18H21N3O2S. The zero-order chi connectivity index (χ0) is 16.8. The molecular weight excluding hydrogens is 322 g/mol. The van der Waals surface area contributed by atoms with Crippen molar-refractivity contribution in [3.8, 4) is 11.4 Å². The summed E-state index contributed by atoms with van der Waals surface area (Å²) in [4.78, 5) is 0. The van der Waals surface area contributed by atoms with Crippen LogP contribution in [0.1, 0.15) is 18.2 Å². The lowest BCUT2D eigenvalue weighted by atomic mass is 10.1. The number of hydrogen-bond acceptors (Lipinski definition) is 5. The van der Waals surface area contributed by atoms with E-state index in [4.69, 9.17) is 9.15 Å². The van der Waals surface area contributed by atoms with Gasteiger partial charge in [0, 0.05) is 17.9 Å². The molecule has 1 aromatic carbocycles. The summed E-state index contributed by atoms with van der Waals surface area (Å²) in [6, 6.07) is 12.2. The highest BCUT2D eigenvalue weighted by Crippen LogP contribution is 2.25. The molecule has 126 valence electrons. The summed E-state index contributed by atoms with van der Waals surface area (Å²) in [6.07, 6.45) is 1.69. The number of benzene rings is 1. The minimum absolute atomic E-state index is 0.611. The first-order chi connectivity index (χ1) is 11.8. The Morgan fingerprint density at radius 2 is 2.12 bits per heavy atom. The van der Waals surface area contributed by atoms with Gasteiger partial charge in [-0.25, -0.2) is 0 Å². The van der Waals surface area contributed by atoms with E-state index in [1.54, 1.807) is 18.0 Å². The second-order valence-electron chi connectivity index (χ2n) is 5.39. The van der Waals surface area contributed by atoms with Crippen LogP contribution in [-0.2, 0) is 11.3 Å². The number of aromatic nitrogens is 3. The van der Waals surface area contributed by atoms with E-state index < -0.39 is 0 Å². The highest BCUT2D eigenvalue weighted by molar-refractivity contribution is 7.99. The van der Waals surface area contributed by atoms with Crippen LogP contribution in [0.15, 0.2) is 52.2 Å². The summed E-state index contributed by atoms with van der Waals surface area (Å²) >= 11 is 1.65. The maximum absolute atomic E-state index is 5.51. The molecule has 0 saturated heterocycles. The molecule has 3 rings (SSSR count). The third kappa shape index (κ3) is 4.07. The fourth-order valence-electron chi connectivity index (χ4n) is 2.43. The Hall–Kier alpha value is -2.05. The van der Waals surface area contributed by atoms with Gasteiger partial charge in [-0.1, -0.05) is 35.5 Å². The van der Waals surface area contributed by atoms with Crippen LogP contribution in [0.3, 0.4) is 0 Å². The number of aryl methyl sites for hydroxylation is 1. The lowest BCUT2D eigenvalue weighted by molar-refractivity contribution is 0.164. The standard InChI is InChI=1S/C18H21N3O2S/c1-3-22-10-11-24-18-20-19-17(15-7-4-6-14(2)12-15)21(18)13-16-8-5-9-23-16/h4-9,12H,3,10-11,13H2,1-2H3. The molecule has 3 aromatic rings. The average molecular weight is 343 g/mol. The normalized spacial score (nSPS) is 11.1. The average Bonchev–Trinajstić information content (AvgIpc) is 3.22. The van der Waals surface area contributed by atoms with Crippen LogP contribution >= 0.6 is 11.8 Å². The molecule has 0 spiro atoms. The molecule has 0 aliphatic carbocycles. The van der Waals surface area contributed by atoms with E-state index >= 15 is 0 Å². The number of thioether (sulfide) groups is 1. The molecule has 24 heavy (non-hydrogen) atoms. The van der Waals surface area contributed by atoms with Crippen molar-refractivity contribution in [2.75, 3.05) is 19.0 Å². The lowest BCUT2D eigenvalue weighted by Gasteiger charge is -2.09. The van der Waals surface area contributed by atoms with Gasteiger partial charge in [0.05, 0.1) is 19.4 Å². The fourth-order valence-corrected chi connectivity index (χ4v) is 3.22. The first-order valence-corrected chi connectivity index (χ1v) is 8.99. The minimum Gasteiger partial charge on any atom is -0.467 e. The zero-order valence-corrected chi connectivity index (χ0v) is 14.8. The number of hydrogen-bond donors (Lipinski definition) is 0. The van der Waals surface area contributed by atoms with Crippen LogP contribution in [0.4, 0.5) is 0 Å². The van der Waals surface area contributed by atoms with E-state index in [1.807, 2.05) is 25.1 Å². The topological polar surface area (TPSA) is 53.1 Å². The van der Waals surface area contributed by atoms with Crippen molar-refractivity contribution in [3.63, 3.8) is 0 Å². The summed E-state index contributed by atoms with van der Waals surface area (Å²) in [5.41, 5.74) is 2.26. The molecule has 0 amide bonds. The van der Waals surface area contributed by atoms with Gasteiger partial charge >= 0.3 is 0 Å². The van der Waals surface area contributed by atoms with Gasteiger partial charge in [0.1, 0.15) is 5.76 Å². The zero-order valence-electron chi connectivity index (χ0n) is 13.9. The Morgan fingerprint density at radius 3 is 2.88 bits per heavy atom. The molecule has 0 aliphatic rings. The molecule has 2 heterocycles.